The second-order valence-electron chi connectivity index (χ2n) is 20.3. The largest absolute Gasteiger partial charge is 0.310 e. The van der Waals surface area contributed by atoms with Gasteiger partial charge in [0.15, 0.2) is 0 Å². The fourth-order valence-electron chi connectivity index (χ4n) is 12.3. The number of anilines is 6. The standard InChI is InChI=1S/C73H46N4S/c1-2-18-52(19-3-1)77-68-28-14-12-26-65(68)66-46-56(38-41-69(66)77)76(71-45-49-17-5-7-21-58(49)62-23-9-11-25-64(62)71)55-37-40-60-51(43-55)31-30-50-42-54(36-39-59(50)60)75(70-44-48-16-4-6-20-57(48)61-22-8-10-24-63(61)70)53-34-32-47(33-35-53)73-74-67-27-13-15-29-72(67)78-73/h1-46H. The maximum atomic E-state index is 5.01. The van der Waals surface area contributed by atoms with Gasteiger partial charge in [0.1, 0.15) is 5.01 Å². The van der Waals surface area contributed by atoms with Gasteiger partial charge >= 0.3 is 0 Å². The van der Waals surface area contributed by atoms with E-state index in [0.29, 0.717) is 0 Å². The SMILES string of the molecule is c1ccc(-n2c3ccccc3c3cc(N(c4ccc5c(ccc6cc(N(c7ccc(-c8nc9ccccc9s8)cc7)c7cc8ccccc8c8ccccc78)ccc65)c4)c4cc5ccccc5c5ccccc45)ccc32)cc1. The second-order valence-corrected chi connectivity index (χ2v) is 21.3. The molecule has 78 heavy (non-hydrogen) atoms. The Bertz CT molecular complexity index is 5020. The van der Waals surface area contributed by atoms with Gasteiger partial charge in [-0.05, 0) is 163 Å². The van der Waals surface area contributed by atoms with E-state index in [-0.39, 0.29) is 0 Å². The Balaban J connectivity index is 0.861. The zero-order valence-electron chi connectivity index (χ0n) is 42.3. The summed E-state index contributed by atoms with van der Waals surface area (Å²) in [4.78, 5) is 9.92. The van der Waals surface area contributed by atoms with Crippen LogP contribution in [0.1, 0.15) is 0 Å². The van der Waals surface area contributed by atoms with Crippen LogP contribution in [0.25, 0.3) is 113 Å². The van der Waals surface area contributed by atoms with Crippen molar-refractivity contribution in [1.82, 2.24) is 9.55 Å². The zero-order valence-corrected chi connectivity index (χ0v) is 43.1. The molecule has 16 rings (SSSR count). The first-order valence-corrected chi connectivity index (χ1v) is 27.4. The molecule has 0 saturated heterocycles. The van der Waals surface area contributed by atoms with Crippen LogP contribution < -0.4 is 9.80 Å². The van der Waals surface area contributed by atoms with E-state index in [9.17, 15) is 0 Å². The molecule has 0 atom stereocenters. The Morgan fingerprint density at radius 1 is 0.295 bits per heavy atom. The lowest BCUT2D eigenvalue weighted by Crippen LogP contribution is -2.11. The van der Waals surface area contributed by atoms with E-state index in [0.717, 1.165) is 55.9 Å². The lowest BCUT2D eigenvalue weighted by molar-refractivity contribution is 1.18. The van der Waals surface area contributed by atoms with Crippen LogP contribution in [0.15, 0.2) is 279 Å². The lowest BCUT2D eigenvalue weighted by atomic mass is 9.97. The summed E-state index contributed by atoms with van der Waals surface area (Å²) >= 11 is 1.74. The molecule has 364 valence electrons. The molecule has 2 aromatic heterocycles. The van der Waals surface area contributed by atoms with Crippen LogP contribution in [0.2, 0.25) is 0 Å². The number of thiazole rings is 1. The highest BCUT2D eigenvalue weighted by molar-refractivity contribution is 7.21. The average Bonchev–Trinajstić information content (AvgIpc) is 4.19. The van der Waals surface area contributed by atoms with Gasteiger partial charge in [-0.25, -0.2) is 4.98 Å². The normalized spacial score (nSPS) is 11.8. The van der Waals surface area contributed by atoms with E-state index in [1.807, 2.05) is 0 Å². The van der Waals surface area contributed by atoms with E-state index in [1.54, 1.807) is 11.3 Å². The molecule has 0 amide bonds. The Morgan fingerprint density at radius 2 is 0.744 bits per heavy atom. The van der Waals surface area contributed by atoms with Crippen LogP contribution in [-0.4, -0.2) is 9.55 Å². The van der Waals surface area contributed by atoms with Crippen molar-refractivity contribution in [2.75, 3.05) is 9.80 Å². The number of fused-ring (bicyclic) bond motifs is 13. The summed E-state index contributed by atoms with van der Waals surface area (Å²) in [5.74, 6) is 0. The molecular weight excluding hydrogens is 965 g/mol. The van der Waals surface area contributed by atoms with Crippen molar-refractivity contribution in [1.29, 1.82) is 0 Å². The highest BCUT2D eigenvalue weighted by Crippen LogP contribution is 2.47. The third-order valence-corrected chi connectivity index (χ3v) is 17.0. The van der Waals surface area contributed by atoms with Crippen molar-refractivity contribution in [3.05, 3.63) is 279 Å². The fourth-order valence-corrected chi connectivity index (χ4v) is 13.3. The topological polar surface area (TPSA) is 24.3 Å². The van der Waals surface area contributed by atoms with Crippen LogP contribution in [0, 0.1) is 0 Å². The molecule has 0 fully saturated rings. The number of hydrogen-bond donors (Lipinski definition) is 0. The smallest absolute Gasteiger partial charge is 0.124 e. The molecule has 16 aromatic rings. The van der Waals surface area contributed by atoms with Gasteiger partial charge in [-0.2, -0.15) is 0 Å². The van der Waals surface area contributed by atoms with Gasteiger partial charge in [0.05, 0.1) is 32.6 Å². The molecule has 14 aromatic carbocycles. The van der Waals surface area contributed by atoms with Gasteiger partial charge in [0.2, 0.25) is 0 Å². The Labute approximate surface area is 454 Å². The molecule has 0 radical (unpaired) electrons. The Kier molecular flexibility index (Phi) is 10.1. The van der Waals surface area contributed by atoms with Crippen LogP contribution in [0.4, 0.5) is 34.1 Å². The van der Waals surface area contributed by atoms with Crippen molar-refractivity contribution in [2.24, 2.45) is 0 Å². The third-order valence-electron chi connectivity index (χ3n) is 15.9. The third kappa shape index (κ3) is 7.09. The fraction of sp³-hybridized carbons (Fsp3) is 0. The highest BCUT2D eigenvalue weighted by atomic mass is 32.1. The van der Waals surface area contributed by atoms with Crippen LogP contribution >= 0.6 is 11.3 Å². The number of para-hydroxylation sites is 3. The first kappa shape index (κ1) is 44.2. The van der Waals surface area contributed by atoms with Gasteiger partial charge in [-0.3, -0.25) is 0 Å². The molecule has 4 nitrogen and oxygen atoms in total. The molecule has 0 N–H and O–H groups in total. The van der Waals surface area contributed by atoms with Gasteiger partial charge in [-0.1, -0.05) is 170 Å². The summed E-state index contributed by atoms with van der Waals surface area (Å²) in [6.45, 7) is 0. The molecule has 5 heteroatoms. The van der Waals surface area contributed by atoms with Gasteiger partial charge in [0.25, 0.3) is 0 Å². The van der Waals surface area contributed by atoms with Gasteiger partial charge in [-0.15, -0.1) is 11.3 Å². The minimum absolute atomic E-state index is 1.02. The van der Waals surface area contributed by atoms with Gasteiger partial charge in [0, 0.05) is 55.5 Å². The Hall–Kier alpha value is -10.1. The van der Waals surface area contributed by atoms with E-state index in [2.05, 4.69) is 293 Å². The number of nitrogens with zero attached hydrogens (tertiary/aromatic N) is 4. The lowest BCUT2D eigenvalue weighted by Gasteiger charge is -2.28. The van der Waals surface area contributed by atoms with E-state index in [1.165, 1.54) is 91.1 Å². The summed E-state index contributed by atoms with van der Waals surface area (Å²) < 4.78 is 3.58. The van der Waals surface area contributed by atoms with E-state index < -0.39 is 0 Å². The van der Waals surface area contributed by atoms with Crippen molar-refractivity contribution >= 4 is 142 Å². The summed E-state index contributed by atoms with van der Waals surface area (Å²) in [6.07, 6.45) is 0. The Morgan fingerprint density at radius 3 is 1.37 bits per heavy atom. The first-order chi connectivity index (χ1) is 38.7. The minimum Gasteiger partial charge on any atom is -0.310 e. The number of rotatable bonds is 8. The summed E-state index contributed by atoms with van der Waals surface area (Å²) in [7, 11) is 0. The number of aromatic nitrogens is 2. The summed E-state index contributed by atoms with van der Waals surface area (Å²) in [6, 6.07) is 102. The van der Waals surface area contributed by atoms with Crippen molar-refractivity contribution in [3.63, 3.8) is 0 Å². The predicted octanol–water partition coefficient (Wildman–Crippen LogP) is 20.9. The molecule has 0 aliphatic heterocycles. The molecule has 2 heterocycles. The summed E-state index contributed by atoms with van der Waals surface area (Å²) in [5, 5.41) is 18.0. The maximum absolute atomic E-state index is 5.01. The van der Waals surface area contributed by atoms with Crippen molar-refractivity contribution in [2.45, 2.75) is 0 Å². The molecule has 0 aliphatic carbocycles. The van der Waals surface area contributed by atoms with Crippen LogP contribution in [0.5, 0.6) is 0 Å². The minimum atomic E-state index is 1.02. The zero-order chi connectivity index (χ0) is 51.3. The molecule has 0 saturated carbocycles. The summed E-state index contributed by atoms with van der Waals surface area (Å²) in [5.41, 5.74) is 12.3. The molecule has 0 spiro atoms. The maximum Gasteiger partial charge on any atom is 0.124 e. The van der Waals surface area contributed by atoms with E-state index in [4.69, 9.17) is 4.98 Å². The average molecular weight is 1010 g/mol. The first-order valence-electron chi connectivity index (χ1n) is 26.6. The van der Waals surface area contributed by atoms with Crippen molar-refractivity contribution < 1.29 is 0 Å². The molecule has 0 bridgehead atoms. The predicted molar refractivity (Wildman–Crippen MR) is 334 cm³/mol. The second kappa shape index (κ2) is 17.8. The highest BCUT2D eigenvalue weighted by Gasteiger charge is 2.23. The number of benzene rings is 14. The van der Waals surface area contributed by atoms with E-state index >= 15 is 0 Å². The van der Waals surface area contributed by atoms with Crippen LogP contribution in [0.3, 0.4) is 0 Å². The number of hydrogen-bond acceptors (Lipinski definition) is 4. The van der Waals surface area contributed by atoms with Gasteiger partial charge < -0.3 is 14.4 Å². The monoisotopic (exact) mass is 1010 g/mol. The molecule has 0 aliphatic rings. The quantitative estimate of drug-likeness (QED) is 0.142. The van der Waals surface area contributed by atoms with Crippen LogP contribution in [-0.2, 0) is 0 Å². The van der Waals surface area contributed by atoms with Crippen molar-refractivity contribution in [3.8, 4) is 16.3 Å². The molecule has 0 unspecified atom stereocenters. The molecular formula is C73H46N4S.